The topological polar surface area (TPSA) is 73.6 Å². The second-order valence-electron chi connectivity index (χ2n) is 4.52. The molecule has 3 rings (SSSR count). The summed E-state index contributed by atoms with van der Waals surface area (Å²) < 4.78 is 19.3. The number of nitrogens with zero attached hydrogens (tertiary/aromatic N) is 1. The van der Waals surface area contributed by atoms with Gasteiger partial charge < -0.3 is 9.57 Å². The third-order valence-electron chi connectivity index (χ3n) is 3.53. The number of ether oxygens (including phenoxy) is 1. The lowest BCUT2D eigenvalue weighted by molar-refractivity contribution is -0.385. The van der Waals surface area contributed by atoms with Crippen LogP contribution in [0.5, 0.6) is 0 Å². The Morgan fingerprint density at radius 1 is 1.50 bits per heavy atom. The molecule has 2 aliphatic heterocycles. The zero-order valence-corrected chi connectivity index (χ0v) is 9.39. The SMILES string of the molecule is O=[N+]([O-])c1ccc(F)c(C23COC[C@@H]2CON3)c1. The van der Waals surface area contributed by atoms with Crippen LogP contribution >= 0.6 is 0 Å². The number of hydroxylamine groups is 1. The van der Waals surface area contributed by atoms with Gasteiger partial charge in [0.15, 0.2) is 0 Å². The summed E-state index contributed by atoms with van der Waals surface area (Å²) in [5.41, 5.74) is 2.05. The van der Waals surface area contributed by atoms with E-state index in [9.17, 15) is 14.5 Å². The Balaban J connectivity index is 2.10. The van der Waals surface area contributed by atoms with Crippen molar-refractivity contribution in [2.24, 2.45) is 5.92 Å². The van der Waals surface area contributed by atoms with Crippen molar-refractivity contribution >= 4 is 5.69 Å². The van der Waals surface area contributed by atoms with Crippen LogP contribution in [0.1, 0.15) is 5.56 Å². The van der Waals surface area contributed by atoms with Crippen LogP contribution in [0.4, 0.5) is 10.1 Å². The molecule has 0 spiro atoms. The minimum atomic E-state index is -0.809. The van der Waals surface area contributed by atoms with Gasteiger partial charge in [-0.3, -0.25) is 10.1 Å². The maximum absolute atomic E-state index is 13.9. The molecule has 1 aromatic rings. The van der Waals surface area contributed by atoms with Gasteiger partial charge in [-0.2, -0.15) is 5.48 Å². The summed E-state index contributed by atoms with van der Waals surface area (Å²) in [7, 11) is 0. The molecular weight excluding hydrogens is 243 g/mol. The summed E-state index contributed by atoms with van der Waals surface area (Å²) in [4.78, 5) is 15.4. The van der Waals surface area contributed by atoms with Crippen molar-refractivity contribution in [3.8, 4) is 0 Å². The van der Waals surface area contributed by atoms with Gasteiger partial charge in [0.1, 0.15) is 11.4 Å². The monoisotopic (exact) mass is 254 g/mol. The number of nitrogens with one attached hydrogen (secondary N) is 1. The van der Waals surface area contributed by atoms with Crippen molar-refractivity contribution in [1.82, 2.24) is 5.48 Å². The Hall–Kier alpha value is -1.57. The highest BCUT2D eigenvalue weighted by Gasteiger charge is 2.51. The van der Waals surface area contributed by atoms with E-state index in [4.69, 9.17) is 9.57 Å². The molecule has 2 atom stereocenters. The number of halogens is 1. The smallest absolute Gasteiger partial charge is 0.269 e. The van der Waals surface area contributed by atoms with Crippen molar-refractivity contribution in [2.75, 3.05) is 19.8 Å². The van der Waals surface area contributed by atoms with Gasteiger partial charge >= 0.3 is 0 Å². The molecule has 0 bridgehead atoms. The molecule has 0 aliphatic carbocycles. The number of fused-ring (bicyclic) bond motifs is 1. The van der Waals surface area contributed by atoms with Gasteiger partial charge in [0, 0.05) is 23.6 Å². The van der Waals surface area contributed by atoms with Crippen molar-refractivity contribution in [2.45, 2.75) is 5.54 Å². The lowest BCUT2D eigenvalue weighted by atomic mass is 9.82. The van der Waals surface area contributed by atoms with Crippen LogP contribution in [-0.4, -0.2) is 24.7 Å². The van der Waals surface area contributed by atoms with E-state index < -0.39 is 16.3 Å². The summed E-state index contributed by atoms with van der Waals surface area (Å²) in [6.45, 7) is 1.10. The molecule has 1 unspecified atom stereocenters. The van der Waals surface area contributed by atoms with E-state index in [0.717, 1.165) is 12.1 Å². The number of hydrogen-bond acceptors (Lipinski definition) is 5. The molecule has 1 N–H and O–H groups in total. The van der Waals surface area contributed by atoms with E-state index in [1.54, 1.807) is 0 Å². The van der Waals surface area contributed by atoms with Crippen LogP contribution in [0.25, 0.3) is 0 Å². The molecule has 1 aromatic carbocycles. The number of hydrogen-bond donors (Lipinski definition) is 1. The Labute approximate surface area is 102 Å². The zero-order valence-electron chi connectivity index (χ0n) is 9.39. The predicted molar refractivity (Wildman–Crippen MR) is 58.1 cm³/mol. The molecule has 18 heavy (non-hydrogen) atoms. The van der Waals surface area contributed by atoms with Gasteiger partial charge in [-0.25, -0.2) is 4.39 Å². The Bertz CT molecular complexity index is 498. The molecule has 0 saturated carbocycles. The average Bonchev–Trinajstić information content (AvgIpc) is 2.88. The fourth-order valence-electron chi connectivity index (χ4n) is 2.52. The van der Waals surface area contributed by atoms with E-state index in [1.165, 1.54) is 6.07 Å². The molecule has 2 saturated heterocycles. The summed E-state index contributed by atoms with van der Waals surface area (Å²) in [5.74, 6) is -0.525. The van der Waals surface area contributed by atoms with Gasteiger partial charge in [0.05, 0.1) is 24.7 Å². The highest BCUT2D eigenvalue weighted by molar-refractivity contribution is 5.40. The first-order valence-corrected chi connectivity index (χ1v) is 5.54. The van der Waals surface area contributed by atoms with Crippen LogP contribution in [0, 0.1) is 21.8 Å². The van der Waals surface area contributed by atoms with Gasteiger partial charge in [0.2, 0.25) is 0 Å². The second kappa shape index (κ2) is 3.98. The molecule has 0 aromatic heterocycles. The highest BCUT2D eigenvalue weighted by Crippen LogP contribution is 2.41. The standard InChI is InChI=1S/C11H11FN2O4/c12-10-2-1-8(14(15)16)3-9(10)11-6-17-4-7(11)5-18-13-11/h1-3,7,13H,4-6H2/t7-,11?/m1/s1. The first kappa shape index (κ1) is 11.5. The van der Waals surface area contributed by atoms with Crippen molar-refractivity contribution in [3.05, 3.63) is 39.7 Å². The van der Waals surface area contributed by atoms with Gasteiger partial charge in [-0.05, 0) is 6.07 Å². The number of rotatable bonds is 2. The minimum absolute atomic E-state index is 0.0333. The van der Waals surface area contributed by atoms with Gasteiger partial charge in [-0.15, -0.1) is 0 Å². The van der Waals surface area contributed by atoms with Crippen LogP contribution in [0.15, 0.2) is 18.2 Å². The van der Waals surface area contributed by atoms with Crippen LogP contribution in [0.3, 0.4) is 0 Å². The molecule has 7 heteroatoms. The number of nitro benzene ring substituents is 1. The Morgan fingerprint density at radius 3 is 3.11 bits per heavy atom. The van der Waals surface area contributed by atoms with E-state index in [1.807, 2.05) is 0 Å². The molecule has 96 valence electrons. The largest absolute Gasteiger partial charge is 0.379 e. The van der Waals surface area contributed by atoms with Gasteiger partial charge in [0.25, 0.3) is 5.69 Å². The number of benzene rings is 1. The third kappa shape index (κ3) is 1.52. The van der Waals surface area contributed by atoms with E-state index in [0.29, 0.717) is 13.2 Å². The molecular formula is C11H11FN2O4. The minimum Gasteiger partial charge on any atom is -0.379 e. The third-order valence-corrected chi connectivity index (χ3v) is 3.53. The van der Waals surface area contributed by atoms with Crippen LogP contribution in [0.2, 0.25) is 0 Å². The fraction of sp³-hybridized carbons (Fsp3) is 0.455. The number of nitro groups is 1. The van der Waals surface area contributed by atoms with Crippen LogP contribution in [-0.2, 0) is 15.1 Å². The molecule has 2 heterocycles. The maximum Gasteiger partial charge on any atom is 0.269 e. The van der Waals surface area contributed by atoms with Gasteiger partial charge in [-0.1, -0.05) is 0 Å². The molecule has 6 nitrogen and oxygen atoms in total. The Kier molecular flexibility index (Phi) is 2.54. The summed E-state index contributed by atoms with van der Waals surface area (Å²) in [6, 6.07) is 3.51. The normalized spacial score (nSPS) is 30.4. The summed E-state index contributed by atoms with van der Waals surface area (Å²) in [5, 5.41) is 10.8. The molecule has 2 aliphatic rings. The average molecular weight is 254 g/mol. The van der Waals surface area contributed by atoms with E-state index in [2.05, 4.69) is 5.48 Å². The lowest BCUT2D eigenvalue weighted by Gasteiger charge is -2.26. The maximum atomic E-state index is 13.9. The first-order valence-electron chi connectivity index (χ1n) is 5.54. The molecule has 2 fully saturated rings. The summed E-state index contributed by atoms with van der Waals surface area (Å²) >= 11 is 0. The first-order chi connectivity index (χ1) is 8.63. The molecule has 0 radical (unpaired) electrons. The number of non-ortho nitro benzene ring substituents is 1. The van der Waals surface area contributed by atoms with Crippen LogP contribution < -0.4 is 5.48 Å². The fourth-order valence-corrected chi connectivity index (χ4v) is 2.52. The van der Waals surface area contributed by atoms with E-state index >= 15 is 0 Å². The van der Waals surface area contributed by atoms with Crippen molar-refractivity contribution in [3.63, 3.8) is 0 Å². The molecule has 0 amide bonds. The van der Waals surface area contributed by atoms with E-state index in [-0.39, 0.29) is 23.8 Å². The quantitative estimate of drug-likeness (QED) is 0.632. The highest BCUT2D eigenvalue weighted by atomic mass is 19.1. The Morgan fingerprint density at radius 2 is 2.33 bits per heavy atom. The van der Waals surface area contributed by atoms with Crippen molar-refractivity contribution < 1.29 is 18.9 Å². The van der Waals surface area contributed by atoms with Crippen molar-refractivity contribution in [1.29, 1.82) is 0 Å². The second-order valence-corrected chi connectivity index (χ2v) is 4.52. The lowest BCUT2D eigenvalue weighted by Crippen LogP contribution is -2.42. The zero-order chi connectivity index (χ0) is 12.8. The summed E-state index contributed by atoms with van der Waals surface area (Å²) in [6.07, 6.45) is 0. The predicted octanol–water partition coefficient (Wildman–Crippen LogP) is 1.11.